The van der Waals surface area contributed by atoms with E-state index < -0.39 is 5.82 Å². The van der Waals surface area contributed by atoms with Gasteiger partial charge < -0.3 is 15.3 Å². The largest absolute Gasteiger partial charge is 0.411 e. The second-order valence-corrected chi connectivity index (χ2v) is 7.62. The van der Waals surface area contributed by atoms with Crippen LogP contribution in [0.2, 0.25) is 0 Å². The first-order valence-electron chi connectivity index (χ1n) is 10.6. The van der Waals surface area contributed by atoms with Gasteiger partial charge in [0.2, 0.25) is 5.91 Å². The van der Waals surface area contributed by atoms with E-state index in [4.69, 9.17) is 0 Å². The summed E-state index contributed by atoms with van der Waals surface area (Å²) in [6.45, 7) is 0.915. The van der Waals surface area contributed by atoms with Crippen LogP contribution in [0.5, 0.6) is 0 Å². The van der Waals surface area contributed by atoms with Gasteiger partial charge in [0, 0.05) is 25.9 Å². The Morgan fingerprint density at radius 3 is 1.79 bits per heavy atom. The van der Waals surface area contributed by atoms with Crippen LogP contribution in [0.4, 0.5) is 4.39 Å². The molecular formula is C26H26FN3O3. The topological polar surface area (TPSA) is 85.5 Å². The van der Waals surface area contributed by atoms with Crippen LogP contribution in [0.1, 0.15) is 36.0 Å². The maximum atomic E-state index is 13.2. The quantitative estimate of drug-likeness (QED) is 0.253. The van der Waals surface area contributed by atoms with Gasteiger partial charge in [-0.3, -0.25) is 4.79 Å². The summed E-state index contributed by atoms with van der Waals surface area (Å²) >= 11 is 0. The molecular weight excluding hydrogens is 421 g/mol. The molecule has 0 heterocycles. The van der Waals surface area contributed by atoms with Gasteiger partial charge >= 0.3 is 0 Å². The van der Waals surface area contributed by atoms with Gasteiger partial charge in [-0.15, -0.1) is 0 Å². The summed E-state index contributed by atoms with van der Waals surface area (Å²) in [6, 6.07) is 24.9. The lowest BCUT2D eigenvalue weighted by Crippen LogP contribution is -2.30. The molecule has 0 fully saturated rings. The molecule has 0 unspecified atom stereocenters. The molecule has 0 saturated heterocycles. The molecule has 170 valence electrons. The SMILES string of the molecule is O=C(CC/C(C/C(=N/O)c1ccc(F)cc1)=N/O)N(Cc1ccccc1)Cc1ccccc1. The Kier molecular flexibility index (Phi) is 8.71. The number of hydrogen-bond acceptors (Lipinski definition) is 5. The Balaban J connectivity index is 1.66. The molecule has 0 spiro atoms. The minimum absolute atomic E-state index is 0.0310. The lowest BCUT2D eigenvalue weighted by molar-refractivity contribution is -0.132. The number of benzene rings is 3. The van der Waals surface area contributed by atoms with Gasteiger partial charge in [0.1, 0.15) is 5.82 Å². The van der Waals surface area contributed by atoms with E-state index in [2.05, 4.69) is 10.3 Å². The fourth-order valence-electron chi connectivity index (χ4n) is 3.45. The maximum Gasteiger partial charge on any atom is 0.223 e. The molecule has 3 aromatic carbocycles. The third kappa shape index (κ3) is 7.28. The number of amides is 1. The number of carbonyl (C=O) groups excluding carboxylic acids is 1. The summed E-state index contributed by atoms with van der Waals surface area (Å²) in [6.07, 6.45) is 0.347. The van der Waals surface area contributed by atoms with Gasteiger partial charge in [-0.05, 0) is 35.2 Å². The van der Waals surface area contributed by atoms with Crippen LogP contribution in [-0.4, -0.2) is 32.6 Å². The molecule has 0 saturated carbocycles. The van der Waals surface area contributed by atoms with Crippen molar-refractivity contribution in [3.8, 4) is 0 Å². The smallest absolute Gasteiger partial charge is 0.223 e. The lowest BCUT2D eigenvalue weighted by Gasteiger charge is -2.23. The van der Waals surface area contributed by atoms with Crippen molar-refractivity contribution in [1.82, 2.24) is 4.90 Å². The number of hydrogen-bond donors (Lipinski definition) is 2. The first-order chi connectivity index (χ1) is 16.1. The van der Waals surface area contributed by atoms with Crippen molar-refractivity contribution in [1.29, 1.82) is 0 Å². The zero-order chi connectivity index (χ0) is 23.5. The van der Waals surface area contributed by atoms with Crippen molar-refractivity contribution in [2.75, 3.05) is 0 Å². The van der Waals surface area contributed by atoms with E-state index >= 15 is 0 Å². The van der Waals surface area contributed by atoms with Crippen LogP contribution in [0.25, 0.3) is 0 Å². The van der Waals surface area contributed by atoms with Crippen molar-refractivity contribution in [2.24, 2.45) is 10.3 Å². The van der Waals surface area contributed by atoms with Crippen LogP contribution in [-0.2, 0) is 17.9 Å². The van der Waals surface area contributed by atoms with E-state index in [1.54, 1.807) is 4.90 Å². The van der Waals surface area contributed by atoms with Crippen molar-refractivity contribution in [3.63, 3.8) is 0 Å². The van der Waals surface area contributed by atoms with Crippen LogP contribution < -0.4 is 0 Å². The fourth-order valence-corrected chi connectivity index (χ4v) is 3.45. The molecule has 33 heavy (non-hydrogen) atoms. The first-order valence-corrected chi connectivity index (χ1v) is 10.6. The minimum atomic E-state index is -0.408. The molecule has 0 aromatic heterocycles. The number of halogens is 1. The Labute approximate surface area is 192 Å². The van der Waals surface area contributed by atoms with Crippen LogP contribution in [0, 0.1) is 5.82 Å². The molecule has 3 aromatic rings. The normalized spacial score (nSPS) is 11.9. The van der Waals surface area contributed by atoms with E-state index in [0.717, 1.165) is 11.1 Å². The second kappa shape index (κ2) is 12.1. The molecule has 1 amide bonds. The molecule has 6 nitrogen and oxygen atoms in total. The predicted octanol–water partition coefficient (Wildman–Crippen LogP) is 5.23. The highest BCUT2D eigenvalue weighted by Gasteiger charge is 2.17. The average molecular weight is 448 g/mol. The summed E-state index contributed by atoms with van der Waals surface area (Å²) in [5.41, 5.74) is 3.05. The number of rotatable bonds is 10. The zero-order valence-electron chi connectivity index (χ0n) is 18.1. The Hall–Kier alpha value is -4.00. The zero-order valence-corrected chi connectivity index (χ0v) is 18.1. The maximum absolute atomic E-state index is 13.2. The van der Waals surface area contributed by atoms with Crippen molar-refractivity contribution >= 4 is 17.3 Å². The van der Waals surface area contributed by atoms with E-state index in [1.807, 2.05) is 60.7 Å². The highest BCUT2D eigenvalue weighted by Crippen LogP contribution is 2.14. The molecule has 7 heteroatoms. The van der Waals surface area contributed by atoms with Gasteiger partial charge in [0.25, 0.3) is 0 Å². The van der Waals surface area contributed by atoms with Crippen LogP contribution in [0.15, 0.2) is 95.2 Å². The average Bonchev–Trinajstić information content (AvgIpc) is 2.85. The molecule has 2 N–H and O–H groups in total. The lowest BCUT2D eigenvalue weighted by atomic mass is 10.0. The van der Waals surface area contributed by atoms with Crippen LogP contribution >= 0.6 is 0 Å². The van der Waals surface area contributed by atoms with E-state index in [9.17, 15) is 19.6 Å². The molecule has 0 radical (unpaired) electrons. The minimum Gasteiger partial charge on any atom is -0.411 e. The number of nitrogens with zero attached hydrogens (tertiary/aromatic N) is 3. The van der Waals surface area contributed by atoms with Gasteiger partial charge in [-0.2, -0.15) is 0 Å². The third-order valence-electron chi connectivity index (χ3n) is 5.22. The van der Waals surface area contributed by atoms with E-state index in [-0.39, 0.29) is 30.9 Å². The van der Waals surface area contributed by atoms with E-state index in [0.29, 0.717) is 24.4 Å². The summed E-state index contributed by atoms with van der Waals surface area (Å²) in [7, 11) is 0. The molecule has 0 aliphatic rings. The summed E-state index contributed by atoms with van der Waals surface area (Å²) in [5, 5.41) is 25.4. The van der Waals surface area contributed by atoms with Crippen molar-refractivity contribution in [2.45, 2.75) is 32.4 Å². The van der Waals surface area contributed by atoms with Crippen molar-refractivity contribution in [3.05, 3.63) is 107 Å². The Bertz CT molecular complexity index is 1040. The van der Waals surface area contributed by atoms with E-state index in [1.165, 1.54) is 24.3 Å². The predicted molar refractivity (Wildman–Crippen MR) is 125 cm³/mol. The summed E-state index contributed by atoms with van der Waals surface area (Å²) < 4.78 is 13.2. The molecule has 0 aliphatic heterocycles. The van der Waals surface area contributed by atoms with Gasteiger partial charge in [0.15, 0.2) is 0 Å². The summed E-state index contributed by atoms with van der Waals surface area (Å²) in [4.78, 5) is 14.9. The molecule has 0 bridgehead atoms. The fraction of sp³-hybridized carbons (Fsp3) is 0.192. The van der Waals surface area contributed by atoms with Gasteiger partial charge in [-0.1, -0.05) is 83.1 Å². The van der Waals surface area contributed by atoms with Crippen LogP contribution in [0.3, 0.4) is 0 Å². The van der Waals surface area contributed by atoms with Gasteiger partial charge in [-0.25, -0.2) is 4.39 Å². The Morgan fingerprint density at radius 2 is 1.30 bits per heavy atom. The second-order valence-electron chi connectivity index (χ2n) is 7.62. The molecule has 0 aliphatic carbocycles. The molecule has 3 rings (SSSR count). The van der Waals surface area contributed by atoms with Gasteiger partial charge in [0.05, 0.1) is 11.4 Å². The Morgan fingerprint density at radius 1 is 0.758 bits per heavy atom. The standard InChI is InChI=1S/C26H26FN3O3/c27-23-13-11-22(12-14-23)25(29-33)17-24(28-32)15-16-26(31)30(18-20-7-3-1-4-8-20)19-21-9-5-2-6-10-21/h1-14,32-33H,15-19H2/b28-24-,29-25-. The monoisotopic (exact) mass is 447 g/mol. The third-order valence-corrected chi connectivity index (χ3v) is 5.22. The van der Waals surface area contributed by atoms with Crippen molar-refractivity contribution < 1.29 is 19.6 Å². The highest BCUT2D eigenvalue weighted by atomic mass is 19.1. The highest BCUT2D eigenvalue weighted by molar-refractivity contribution is 6.12. The first kappa shape index (κ1) is 23.7. The summed E-state index contributed by atoms with van der Waals surface area (Å²) in [5.74, 6) is -0.497. The number of oxime groups is 2. The molecule has 0 atom stereocenters. The number of carbonyl (C=O) groups is 1.